The second-order valence-electron chi connectivity index (χ2n) is 4.47. The first-order chi connectivity index (χ1) is 9.06. The first kappa shape index (κ1) is 13.7. The Hall–Kier alpha value is -1.75. The molecule has 1 aromatic heterocycles. The number of hydrogen-bond acceptors (Lipinski definition) is 2. The van der Waals surface area contributed by atoms with Gasteiger partial charge in [0.15, 0.2) is 11.6 Å². The summed E-state index contributed by atoms with van der Waals surface area (Å²) in [4.78, 5) is 0. The molecule has 2 aromatic rings. The van der Waals surface area contributed by atoms with E-state index >= 15 is 0 Å². The SMILES string of the molecule is CCNC(c1ccc(C)c(F)c1F)c1ccnn1C. The minimum atomic E-state index is -0.799. The highest BCUT2D eigenvalue weighted by Crippen LogP contribution is 2.26. The second kappa shape index (κ2) is 5.48. The minimum Gasteiger partial charge on any atom is -0.305 e. The zero-order chi connectivity index (χ0) is 14.0. The molecule has 0 aliphatic heterocycles. The summed E-state index contributed by atoms with van der Waals surface area (Å²) < 4.78 is 29.5. The number of halogens is 2. The fourth-order valence-electron chi connectivity index (χ4n) is 2.13. The van der Waals surface area contributed by atoms with Crippen LogP contribution >= 0.6 is 0 Å². The molecule has 0 aliphatic carbocycles. The van der Waals surface area contributed by atoms with E-state index in [1.165, 1.54) is 0 Å². The predicted octanol–water partition coefficient (Wildman–Crippen LogP) is 2.71. The molecule has 0 fully saturated rings. The Bertz CT molecular complexity index is 578. The summed E-state index contributed by atoms with van der Waals surface area (Å²) in [7, 11) is 1.78. The van der Waals surface area contributed by atoms with Crippen LogP contribution in [0.1, 0.15) is 29.8 Å². The van der Waals surface area contributed by atoms with Gasteiger partial charge in [0, 0.05) is 18.8 Å². The first-order valence-electron chi connectivity index (χ1n) is 6.22. The maximum atomic E-state index is 14.1. The standard InChI is InChI=1S/C14H17F2N3/c1-4-17-14(11-7-8-18-19(11)3)10-6-5-9(2)12(15)13(10)16/h5-8,14,17H,4H2,1-3H3. The third-order valence-electron chi connectivity index (χ3n) is 3.18. The van der Waals surface area contributed by atoms with Crippen LogP contribution in [0.4, 0.5) is 8.78 Å². The van der Waals surface area contributed by atoms with Gasteiger partial charge in [0.2, 0.25) is 0 Å². The van der Waals surface area contributed by atoms with Gasteiger partial charge in [-0.3, -0.25) is 4.68 Å². The highest BCUT2D eigenvalue weighted by molar-refractivity contribution is 5.32. The first-order valence-corrected chi connectivity index (χ1v) is 6.22. The molecule has 102 valence electrons. The molecule has 1 N–H and O–H groups in total. The number of rotatable bonds is 4. The summed E-state index contributed by atoms with van der Waals surface area (Å²) in [5, 5.41) is 7.24. The van der Waals surface area contributed by atoms with E-state index in [4.69, 9.17) is 0 Å². The molecule has 3 nitrogen and oxygen atoms in total. The molecule has 0 spiro atoms. The zero-order valence-electron chi connectivity index (χ0n) is 11.2. The van der Waals surface area contributed by atoms with E-state index in [9.17, 15) is 8.78 Å². The molecule has 1 heterocycles. The van der Waals surface area contributed by atoms with Gasteiger partial charge >= 0.3 is 0 Å². The third kappa shape index (κ3) is 2.51. The number of hydrogen-bond donors (Lipinski definition) is 1. The quantitative estimate of drug-likeness (QED) is 0.921. The molecule has 0 bridgehead atoms. The lowest BCUT2D eigenvalue weighted by atomic mass is 10.0. The van der Waals surface area contributed by atoms with Crippen molar-refractivity contribution in [2.75, 3.05) is 6.54 Å². The van der Waals surface area contributed by atoms with Gasteiger partial charge in [-0.25, -0.2) is 8.78 Å². The maximum absolute atomic E-state index is 14.1. The molecule has 5 heteroatoms. The summed E-state index contributed by atoms with van der Waals surface area (Å²) >= 11 is 0. The van der Waals surface area contributed by atoms with Gasteiger partial charge < -0.3 is 5.32 Å². The van der Waals surface area contributed by atoms with Crippen LogP contribution in [0.5, 0.6) is 0 Å². The number of aryl methyl sites for hydroxylation is 2. The van der Waals surface area contributed by atoms with Gasteiger partial charge in [-0.15, -0.1) is 0 Å². The zero-order valence-corrected chi connectivity index (χ0v) is 11.2. The molecule has 0 saturated carbocycles. The van der Waals surface area contributed by atoms with Crippen LogP contribution in [0, 0.1) is 18.6 Å². The molecule has 2 rings (SSSR count). The average Bonchev–Trinajstić information content (AvgIpc) is 2.80. The van der Waals surface area contributed by atoms with E-state index < -0.39 is 17.7 Å². The number of nitrogens with one attached hydrogen (secondary N) is 1. The van der Waals surface area contributed by atoms with Crippen molar-refractivity contribution in [2.24, 2.45) is 7.05 Å². The molecule has 0 amide bonds. The van der Waals surface area contributed by atoms with E-state index in [-0.39, 0.29) is 0 Å². The fraction of sp³-hybridized carbons (Fsp3) is 0.357. The Morgan fingerprint density at radius 2 is 2.00 bits per heavy atom. The normalized spacial score (nSPS) is 12.7. The number of benzene rings is 1. The van der Waals surface area contributed by atoms with Crippen molar-refractivity contribution >= 4 is 0 Å². The predicted molar refractivity (Wildman–Crippen MR) is 69.8 cm³/mol. The average molecular weight is 265 g/mol. The van der Waals surface area contributed by atoms with Gasteiger partial charge in [0.1, 0.15) is 0 Å². The Kier molecular flexibility index (Phi) is 3.95. The van der Waals surface area contributed by atoms with Gasteiger partial charge in [0.05, 0.1) is 11.7 Å². The van der Waals surface area contributed by atoms with Crippen molar-refractivity contribution in [3.63, 3.8) is 0 Å². The van der Waals surface area contributed by atoms with E-state index in [2.05, 4.69) is 10.4 Å². The van der Waals surface area contributed by atoms with Gasteiger partial charge in [0.25, 0.3) is 0 Å². The van der Waals surface area contributed by atoms with Gasteiger partial charge in [-0.1, -0.05) is 19.1 Å². The summed E-state index contributed by atoms with van der Waals surface area (Å²) in [6.07, 6.45) is 1.64. The Morgan fingerprint density at radius 3 is 2.58 bits per heavy atom. The van der Waals surface area contributed by atoms with Crippen molar-refractivity contribution in [3.05, 3.63) is 52.9 Å². The third-order valence-corrected chi connectivity index (χ3v) is 3.18. The van der Waals surface area contributed by atoms with Crippen LogP contribution in [0.15, 0.2) is 24.4 Å². The Morgan fingerprint density at radius 1 is 1.26 bits per heavy atom. The van der Waals surface area contributed by atoms with Crippen LogP contribution in [-0.2, 0) is 7.05 Å². The summed E-state index contributed by atoms with van der Waals surface area (Å²) in [5.41, 5.74) is 1.40. The van der Waals surface area contributed by atoms with E-state index in [1.807, 2.05) is 6.92 Å². The van der Waals surface area contributed by atoms with Gasteiger partial charge in [-0.05, 0) is 25.1 Å². The maximum Gasteiger partial charge on any atom is 0.164 e. The van der Waals surface area contributed by atoms with Crippen molar-refractivity contribution in [3.8, 4) is 0 Å². The molecular weight excluding hydrogens is 248 g/mol. The summed E-state index contributed by atoms with van der Waals surface area (Å²) in [6.45, 7) is 4.12. The number of aromatic nitrogens is 2. The number of nitrogens with zero attached hydrogens (tertiary/aromatic N) is 2. The second-order valence-corrected chi connectivity index (χ2v) is 4.47. The lowest BCUT2D eigenvalue weighted by Crippen LogP contribution is -2.25. The van der Waals surface area contributed by atoms with Crippen molar-refractivity contribution in [2.45, 2.75) is 19.9 Å². The molecule has 19 heavy (non-hydrogen) atoms. The van der Waals surface area contributed by atoms with Gasteiger partial charge in [-0.2, -0.15) is 5.10 Å². The van der Waals surface area contributed by atoms with Crippen molar-refractivity contribution in [1.82, 2.24) is 15.1 Å². The molecule has 0 radical (unpaired) electrons. The van der Waals surface area contributed by atoms with Crippen LogP contribution in [-0.4, -0.2) is 16.3 Å². The topological polar surface area (TPSA) is 29.9 Å². The molecule has 1 unspecified atom stereocenters. The lowest BCUT2D eigenvalue weighted by Gasteiger charge is -2.20. The van der Waals surface area contributed by atoms with E-state index in [0.29, 0.717) is 17.7 Å². The van der Waals surface area contributed by atoms with Crippen LogP contribution in [0.2, 0.25) is 0 Å². The van der Waals surface area contributed by atoms with Crippen LogP contribution < -0.4 is 5.32 Å². The van der Waals surface area contributed by atoms with E-state index in [1.54, 1.807) is 43.0 Å². The lowest BCUT2D eigenvalue weighted by molar-refractivity contribution is 0.472. The molecule has 1 atom stereocenters. The largest absolute Gasteiger partial charge is 0.305 e. The molecule has 1 aromatic carbocycles. The van der Waals surface area contributed by atoms with Crippen LogP contribution in [0.25, 0.3) is 0 Å². The van der Waals surface area contributed by atoms with Crippen LogP contribution in [0.3, 0.4) is 0 Å². The van der Waals surface area contributed by atoms with Crippen molar-refractivity contribution in [1.29, 1.82) is 0 Å². The highest BCUT2D eigenvalue weighted by atomic mass is 19.2. The fourth-order valence-corrected chi connectivity index (χ4v) is 2.13. The molecule has 0 saturated heterocycles. The Labute approximate surface area is 111 Å². The summed E-state index contributed by atoms with van der Waals surface area (Å²) in [5.74, 6) is -1.59. The highest BCUT2D eigenvalue weighted by Gasteiger charge is 2.22. The Balaban J connectivity index is 2.52. The smallest absolute Gasteiger partial charge is 0.164 e. The molecule has 0 aliphatic rings. The minimum absolute atomic E-state index is 0.300. The molecular formula is C14H17F2N3. The monoisotopic (exact) mass is 265 g/mol. The van der Waals surface area contributed by atoms with E-state index in [0.717, 1.165) is 5.69 Å². The summed E-state index contributed by atoms with van der Waals surface area (Å²) in [6, 6.07) is 4.60. The van der Waals surface area contributed by atoms with Crippen molar-refractivity contribution < 1.29 is 8.78 Å².